The van der Waals surface area contributed by atoms with Gasteiger partial charge in [0.05, 0.1) is 0 Å². The first-order chi connectivity index (χ1) is 23.2. The molecular formula is C44H37ClN2. The molecule has 7 rings (SSSR count). The minimum absolute atomic E-state index is 0.658. The normalized spacial score (nSPS) is 10.4. The van der Waals surface area contributed by atoms with Crippen LogP contribution >= 0.6 is 11.6 Å². The molecule has 0 aliphatic rings. The van der Waals surface area contributed by atoms with Crippen molar-refractivity contribution < 1.29 is 0 Å². The van der Waals surface area contributed by atoms with Gasteiger partial charge in [0, 0.05) is 39.1 Å². The predicted octanol–water partition coefficient (Wildman–Crippen LogP) is 13.6. The van der Waals surface area contributed by atoms with E-state index in [-0.39, 0.29) is 0 Å². The molecule has 0 unspecified atom stereocenters. The predicted molar refractivity (Wildman–Crippen MR) is 203 cm³/mol. The molecule has 0 aromatic heterocycles. The minimum Gasteiger partial charge on any atom is -0.310 e. The number of hydrogen-bond donors (Lipinski definition) is 0. The first-order valence-corrected chi connectivity index (χ1v) is 16.4. The number of benzene rings is 7. The van der Waals surface area contributed by atoms with Crippen LogP contribution in [0.4, 0.5) is 34.1 Å². The van der Waals surface area contributed by atoms with E-state index in [1.54, 1.807) is 0 Å². The van der Waals surface area contributed by atoms with Crippen LogP contribution in [0.3, 0.4) is 0 Å². The molecule has 0 fully saturated rings. The summed E-state index contributed by atoms with van der Waals surface area (Å²) in [5.74, 6) is 0. The molecular weight excluding hydrogens is 592 g/mol. The number of halogens is 1. The first-order valence-electron chi connectivity index (χ1n) is 16.0. The first kappa shape index (κ1) is 31.4. The van der Waals surface area contributed by atoms with Crippen LogP contribution in [0.2, 0.25) is 5.02 Å². The number of hydrogen-bond acceptors (Lipinski definition) is 2. The Morgan fingerprint density at radius 2 is 0.574 bits per heavy atom. The van der Waals surface area contributed by atoms with Crippen molar-refractivity contribution in [2.75, 3.05) is 9.80 Å². The Labute approximate surface area is 283 Å². The highest BCUT2D eigenvalue weighted by atomic mass is 35.5. The van der Waals surface area contributed by atoms with E-state index in [0.29, 0.717) is 5.02 Å². The number of nitrogens with zero attached hydrogens (tertiary/aromatic N) is 2. The van der Waals surface area contributed by atoms with Crippen molar-refractivity contribution in [1.82, 2.24) is 0 Å². The summed E-state index contributed by atoms with van der Waals surface area (Å²) in [5.41, 5.74) is 10.9. The third-order valence-corrected chi connectivity index (χ3v) is 8.10. The van der Waals surface area contributed by atoms with Crippen LogP contribution in [0.15, 0.2) is 188 Å². The van der Waals surface area contributed by atoms with Crippen LogP contribution in [-0.4, -0.2) is 0 Å². The molecule has 0 aliphatic carbocycles. The molecule has 0 heterocycles. The van der Waals surface area contributed by atoms with E-state index in [9.17, 15) is 0 Å². The van der Waals surface area contributed by atoms with Gasteiger partial charge in [0.2, 0.25) is 0 Å². The fourth-order valence-electron chi connectivity index (χ4n) is 5.73. The van der Waals surface area contributed by atoms with E-state index in [1.165, 1.54) is 22.3 Å². The van der Waals surface area contributed by atoms with Gasteiger partial charge < -0.3 is 9.80 Å². The monoisotopic (exact) mass is 628 g/mol. The van der Waals surface area contributed by atoms with Crippen LogP contribution in [-0.2, 0) is 0 Å². The van der Waals surface area contributed by atoms with Crippen molar-refractivity contribution in [3.05, 3.63) is 193 Å². The summed E-state index contributed by atoms with van der Waals surface area (Å²) in [5, 5.41) is 0.658. The Hall–Kier alpha value is -5.57. The highest BCUT2D eigenvalue weighted by molar-refractivity contribution is 6.31. The summed E-state index contributed by atoms with van der Waals surface area (Å²) in [6.45, 7) is 4.00. The van der Waals surface area contributed by atoms with Crippen molar-refractivity contribution in [2.24, 2.45) is 0 Å². The minimum atomic E-state index is 0.658. The van der Waals surface area contributed by atoms with Gasteiger partial charge in [-0.25, -0.2) is 0 Å². The molecule has 0 bridgehead atoms. The Kier molecular flexibility index (Phi) is 10.1. The zero-order valence-electron chi connectivity index (χ0n) is 26.7. The quantitative estimate of drug-likeness (QED) is 0.165. The molecule has 0 radical (unpaired) electrons. The highest BCUT2D eigenvalue weighted by Crippen LogP contribution is 2.42. The Morgan fingerprint density at radius 3 is 0.915 bits per heavy atom. The third-order valence-electron chi connectivity index (χ3n) is 7.88. The second kappa shape index (κ2) is 15.1. The smallest absolute Gasteiger partial charge is 0.0497 e. The molecule has 0 N–H and O–H groups in total. The summed E-state index contributed by atoms with van der Waals surface area (Å²) in [6.07, 6.45) is 0. The molecule has 230 valence electrons. The van der Waals surface area contributed by atoms with E-state index in [2.05, 4.69) is 161 Å². The Morgan fingerprint density at radius 1 is 0.298 bits per heavy atom. The molecule has 0 saturated heterocycles. The van der Waals surface area contributed by atoms with Crippen LogP contribution in [0.5, 0.6) is 0 Å². The summed E-state index contributed by atoms with van der Waals surface area (Å²) in [7, 11) is 0. The van der Waals surface area contributed by atoms with E-state index in [1.807, 2.05) is 50.2 Å². The van der Waals surface area contributed by atoms with Crippen molar-refractivity contribution >= 4 is 45.7 Å². The molecule has 7 aromatic carbocycles. The lowest BCUT2D eigenvalue weighted by Crippen LogP contribution is -2.13. The van der Waals surface area contributed by atoms with Gasteiger partial charge in [-0.3, -0.25) is 0 Å². The highest BCUT2D eigenvalue weighted by Gasteiger charge is 2.18. The summed E-state index contributed by atoms with van der Waals surface area (Å²) in [4.78, 5) is 4.51. The Bertz CT molecular complexity index is 1830. The van der Waals surface area contributed by atoms with Crippen molar-refractivity contribution in [3.63, 3.8) is 0 Å². The molecule has 47 heavy (non-hydrogen) atoms. The van der Waals surface area contributed by atoms with Gasteiger partial charge in [0.1, 0.15) is 0 Å². The average Bonchev–Trinajstić information content (AvgIpc) is 3.15. The molecule has 0 aliphatic heterocycles. The number of para-hydroxylation sites is 2. The van der Waals surface area contributed by atoms with Gasteiger partial charge in [-0.2, -0.15) is 0 Å². The third kappa shape index (κ3) is 7.30. The van der Waals surface area contributed by atoms with Gasteiger partial charge in [0.25, 0.3) is 0 Å². The van der Waals surface area contributed by atoms with E-state index >= 15 is 0 Å². The second-order valence-electron chi connectivity index (χ2n) is 10.8. The van der Waals surface area contributed by atoms with E-state index in [4.69, 9.17) is 11.6 Å². The zero-order valence-corrected chi connectivity index (χ0v) is 27.4. The molecule has 0 spiro atoms. The summed E-state index contributed by atoms with van der Waals surface area (Å²) in [6, 6.07) is 65.5. The molecule has 2 nitrogen and oxygen atoms in total. The fraction of sp³-hybridized carbons (Fsp3) is 0.0455. The lowest BCUT2D eigenvalue weighted by molar-refractivity contribution is 1.25. The van der Waals surface area contributed by atoms with Gasteiger partial charge in [-0.1, -0.05) is 147 Å². The van der Waals surface area contributed by atoms with Crippen LogP contribution < -0.4 is 9.80 Å². The van der Waals surface area contributed by atoms with Gasteiger partial charge >= 0.3 is 0 Å². The Balaban J connectivity index is 0.00000190. The van der Waals surface area contributed by atoms with Crippen LogP contribution in [0, 0.1) is 0 Å². The van der Waals surface area contributed by atoms with Crippen molar-refractivity contribution in [3.8, 4) is 22.3 Å². The number of anilines is 6. The summed E-state index contributed by atoms with van der Waals surface area (Å²) >= 11 is 6.95. The van der Waals surface area contributed by atoms with E-state index < -0.39 is 0 Å². The maximum absolute atomic E-state index is 6.95. The van der Waals surface area contributed by atoms with Crippen molar-refractivity contribution in [2.45, 2.75) is 13.8 Å². The standard InChI is InChI=1S/C42H31ClN2.C2H6/c43-36-29-41(44(37-17-9-3-10-18-37)39-25-21-34(22-26-39)32-13-5-1-6-14-32)31-42(30-36)45(38-19-11-4-12-20-38)40-27-23-35(24-28-40)33-15-7-2-8-16-33;1-2/h1-31H;1-2H3. The lowest BCUT2D eigenvalue weighted by Gasteiger charge is -2.30. The van der Waals surface area contributed by atoms with Gasteiger partial charge in [-0.05, 0) is 89.0 Å². The molecule has 7 aromatic rings. The SMILES string of the molecule is CC.Clc1cc(N(c2ccccc2)c2ccc(-c3ccccc3)cc2)cc(N(c2ccccc2)c2ccc(-c3ccccc3)cc2)c1. The zero-order chi connectivity index (χ0) is 32.4. The lowest BCUT2D eigenvalue weighted by atomic mass is 10.0. The fourth-order valence-corrected chi connectivity index (χ4v) is 5.96. The maximum atomic E-state index is 6.95. The van der Waals surface area contributed by atoms with Crippen molar-refractivity contribution in [1.29, 1.82) is 0 Å². The molecule has 0 amide bonds. The maximum Gasteiger partial charge on any atom is 0.0497 e. The second-order valence-corrected chi connectivity index (χ2v) is 11.3. The summed E-state index contributed by atoms with van der Waals surface area (Å²) < 4.78 is 0. The van der Waals surface area contributed by atoms with E-state index in [0.717, 1.165) is 34.1 Å². The van der Waals surface area contributed by atoms with Crippen LogP contribution in [0.25, 0.3) is 22.3 Å². The van der Waals surface area contributed by atoms with Crippen LogP contribution in [0.1, 0.15) is 13.8 Å². The topological polar surface area (TPSA) is 6.48 Å². The van der Waals surface area contributed by atoms with Gasteiger partial charge in [0.15, 0.2) is 0 Å². The molecule has 0 saturated carbocycles. The average molecular weight is 629 g/mol. The largest absolute Gasteiger partial charge is 0.310 e. The molecule has 0 atom stereocenters. The van der Waals surface area contributed by atoms with Gasteiger partial charge in [-0.15, -0.1) is 0 Å². The number of rotatable bonds is 8. The molecule has 3 heteroatoms.